The Labute approximate surface area is 281 Å². The van der Waals surface area contributed by atoms with Crippen LogP contribution in [0.1, 0.15) is 136 Å². The van der Waals surface area contributed by atoms with Crippen LogP contribution in [-0.2, 0) is 19.1 Å². The molecule has 0 spiro atoms. The van der Waals surface area contributed by atoms with Crippen LogP contribution in [0, 0.1) is 5.92 Å². The standard InChI is InChI=1S/C40H66O6/c1-4-6-7-8-9-10-11-12-13-14-15-16-17-21-24-27-30-37(41)32-33-40(44)46-35-38(42)34-45-39(43)31-28-25-22-19-18-20-23-26-29-36(3)5-2/h6-7,9-10,12-13,15-16,21,24,27,30,36-38,41-42H,4-5,8,11,14,17-20,22-23,25-26,28-29,31-35H2,1-3H3/b7-6-,10-9-,13-12-,16-15-,24-21-,30-27-/t36?,37?,38-/m1/s1. The Bertz CT molecular complexity index is 897. The summed E-state index contributed by atoms with van der Waals surface area (Å²) in [6.07, 6.45) is 40.0. The van der Waals surface area contributed by atoms with Crippen molar-refractivity contribution < 1.29 is 29.3 Å². The fraction of sp³-hybridized carbons (Fsp3) is 0.650. The average Bonchev–Trinajstić information content (AvgIpc) is 3.05. The Hall–Kier alpha value is -2.70. The predicted octanol–water partition coefficient (Wildman–Crippen LogP) is 9.83. The Morgan fingerprint density at radius 3 is 1.61 bits per heavy atom. The fourth-order valence-corrected chi connectivity index (χ4v) is 4.46. The predicted molar refractivity (Wildman–Crippen MR) is 192 cm³/mol. The minimum absolute atomic E-state index is 0.0295. The second-order valence-electron chi connectivity index (χ2n) is 12.1. The molecule has 0 radical (unpaired) electrons. The lowest BCUT2D eigenvalue weighted by molar-refractivity contribution is -0.152. The number of carbonyl (C=O) groups excluding carboxylic acids is 2. The van der Waals surface area contributed by atoms with Gasteiger partial charge in [0, 0.05) is 12.8 Å². The van der Waals surface area contributed by atoms with E-state index in [2.05, 4.69) is 69.4 Å². The summed E-state index contributed by atoms with van der Waals surface area (Å²) in [5.74, 6) is -0.00300. The van der Waals surface area contributed by atoms with Crippen LogP contribution in [0.4, 0.5) is 0 Å². The van der Waals surface area contributed by atoms with Crippen molar-refractivity contribution in [1.82, 2.24) is 0 Å². The third-order valence-corrected chi connectivity index (χ3v) is 7.61. The molecule has 6 heteroatoms. The molecule has 0 fully saturated rings. The second-order valence-corrected chi connectivity index (χ2v) is 12.1. The van der Waals surface area contributed by atoms with Crippen molar-refractivity contribution in [1.29, 1.82) is 0 Å². The highest BCUT2D eigenvalue weighted by Crippen LogP contribution is 2.15. The molecule has 2 unspecified atom stereocenters. The first-order chi connectivity index (χ1) is 22.4. The van der Waals surface area contributed by atoms with Crippen molar-refractivity contribution in [3.8, 4) is 0 Å². The Balaban J connectivity index is 3.75. The quantitative estimate of drug-likeness (QED) is 0.0351. The maximum Gasteiger partial charge on any atom is 0.305 e. The highest BCUT2D eigenvalue weighted by molar-refractivity contribution is 5.69. The largest absolute Gasteiger partial charge is 0.463 e. The molecule has 46 heavy (non-hydrogen) atoms. The topological polar surface area (TPSA) is 93.1 Å². The minimum atomic E-state index is -1.06. The molecule has 6 nitrogen and oxygen atoms in total. The second kappa shape index (κ2) is 33.7. The first-order valence-electron chi connectivity index (χ1n) is 18.0. The highest BCUT2D eigenvalue weighted by atomic mass is 16.6. The van der Waals surface area contributed by atoms with E-state index in [1.165, 1.54) is 44.9 Å². The van der Waals surface area contributed by atoms with E-state index in [0.29, 0.717) is 6.42 Å². The van der Waals surface area contributed by atoms with E-state index in [-0.39, 0.29) is 32.0 Å². The maximum absolute atomic E-state index is 11.9. The molecule has 0 amide bonds. The number of aliphatic hydroxyl groups is 2. The van der Waals surface area contributed by atoms with Gasteiger partial charge in [0.05, 0.1) is 6.10 Å². The molecule has 0 aliphatic heterocycles. The van der Waals surface area contributed by atoms with Gasteiger partial charge in [-0.05, 0) is 50.9 Å². The molecular formula is C40H66O6. The summed E-state index contributed by atoms with van der Waals surface area (Å²) in [6, 6.07) is 0. The van der Waals surface area contributed by atoms with Crippen molar-refractivity contribution in [2.24, 2.45) is 5.92 Å². The number of hydrogen-bond acceptors (Lipinski definition) is 6. The molecule has 0 aromatic rings. The van der Waals surface area contributed by atoms with E-state index in [1.807, 2.05) is 12.2 Å². The van der Waals surface area contributed by atoms with Crippen LogP contribution >= 0.6 is 0 Å². The normalized spacial score (nSPS) is 14.5. The lowest BCUT2D eigenvalue weighted by Gasteiger charge is -2.12. The first-order valence-corrected chi connectivity index (χ1v) is 18.0. The van der Waals surface area contributed by atoms with Gasteiger partial charge < -0.3 is 19.7 Å². The van der Waals surface area contributed by atoms with E-state index in [1.54, 1.807) is 12.2 Å². The van der Waals surface area contributed by atoms with Crippen molar-refractivity contribution >= 4 is 11.9 Å². The van der Waals surface area contributed by atoms with Crippen LogP contribution in [0.15, 0.2) is 72.9 Å². The van der Waals surface area contributed by atoms with Gasteiger partial charge in [0.1, 0.15) is 19.3 Å². The summed E-state index contributed by atoms with van der Waals surface area (Å²) in [5, 5.41) is 20.0. The monoisotopic (exact) mass is 642 g/mol. The van der Waals surface area contributed by atoms with Gasteiger partial charge in [0.15, 0.2) is 0 Å². The smallest absolute Gasteiger partial charge is 0.305 e. The molecule has 0 aromatic heterocycles. The molecule has 0 bridgehead atoms. The van der Waals surface area contributed by atoms with Crippen LogP contribution in [-0.4, -0.2) is 47.6 Å². The summed E-state index contributed by atoms with van der Waals surface area (Å²) in [7, 11) is 0. The van der Waals surface area contributed by atoms with Gasteiger partial charge in [-0.2, -0.15) is 0 Å². The number of ether oxygens (including phenoxy) is 2. The summed E-state index contributed by atoms with van der Waals surface area (Å²) < 4.78 is 10.2. The van der Waals surface area contributed by atoms with Crippen molar-refractivity contribution in [3.05, 3.63) is 72.9 Å². The van der Waals surface area contributed by atoms with E-state index >= 15 is 0 Å². The minimum Gasteiger partial charge on any atom is -0.463 e. The summed E-state index contributed by atoms with van der Waals surface area (Å²) >= 11 is 0. The Morgan fingerprint density at radius 1 is 0.587 bits per heavy atom. The number of allylic oxidation sites excluding steroid dienone is 11. The number of unbranched alkanes of at least 4 members (excludes halogenated alkanes) is 7. The van der Waals surface area contributed by atoms with E-state index in [9.17, 15) is 19.8 Å². The van der Waals surface area contributed by atoms with Gasteiger partial charge in [0.25, 0.3) is 0 Å². The third kappa shape index (κ3) is 32.7. The molecule has 2 N–H and O–H groups in total. The van der Waals surface area contributed by atoms with Gasteiger partial charge in [-0.1, -0.05) is 151 Å². The van der Waals surface area contributed by atoms with Crippen LogP contribution in [0.2, 0.25) is 0 Å². The lowest BCUT2D eigenvalue weighted by Crippen LogP contribution is -2.25. The molecule has 262 valence electrons. The van der Waals surface area contributed by atoms with Crippen molar-refractivity contribution in [2.45, 2.75) is 149 Å². The number of carbonyl (C=O) groups is 2. The summed E-state index contributed by atoms with van der Waals surface area (Å²) in [5.41, 5.74) is 0. The zero-order valence-electron chi connectivity index (χ0n) is 29.3. The third-order valence-electron chi connectivity index (χ3n) is 7.61. The Morgan fingerprint density at radius 2 is 1.07 bits per heavy atom. The Kier molecular flexibility index (Phi) is 31.7. The molecule has 0 saturated heterocycles. The SMILES string of the molecule is CC/C=C\C/C=C\C/C=C\C/C=C\C/C=C\C=C/C(O)CCC(=O)OC[C@H](O)COC(=O)CCCCCCCCCCC(C)CC. The zero-order chi connectivity index (χ0) is 33.9. The molecule has 0 aromatic carbocycles. The van der Waals surface area contributed by atoms with Gasteiger partial charge in [-0.15, -0.1) is 0 Å². The summed E-state index contributed by atoms with van der Waals surface area (Å²) in [4.78, 5) is 23.9. The number of hydrogen-bond donors (Lipinski definition) is 2. The lowest BCUT2D eigenvalue weighted by atomic mass is 9.99. The highest BCUT2D eigenvalue weighted by Gasteiger charge is 2.13. The van der Waals surface area contributed by atoms with Crippen molar-refractivity contribution in [3.63, 3.8) is 0 Å². The molecule has 0 saturated carbocycles. The van der Waals surface area contributed by atoms with Crippen LogP contribution in [0.3, 0.4) is 0 Å². The van der Waals surface area contributed by atoms with Gasteiger partial charge in [-0.25, -0.2) is 0 Å². The molecule has 0 aliphatic carbocycles. The van der Waals surface area contributed by atoms with Gasteiger partial charge >= 0.3 is 11.9 Å². The van der Waals surface area contributed by atoms with Crippen LogP contribution in [0.5, 0.6) is 0 Å². The summed E-state index contributed by atoms with van der Waals surface area (Å²) in [6.45, 7) is 6.28. The number of aliphatic hydroxyl groups excluding tert-OH is 2. The van der Waals surface area contributed by atoms with E-state index in [4.69, 9.17) is 9.47 Å². The van der Waals surface area contributed by atoms with Crippen molar-refractivity contribution in [2.75, 3.05) is 13.2 Å². The molecule has 0 heterocycles. The molecule has 0 aliphatic rings. The zero-order valence-corrected chi connectivity index (χ0v) is 29.3. The maximum atomic E-state index is 11.9. The van der Waals surface area contributed by atoms with Gasteiger partial charge in [0.2, 0.25) is 0 Å². The first kappa shape index (κ1) is 43.3. The van der Waals surface area contributed by atoms with E-state index in [0.717, 1.165) is 57.3 Å². The van der Waals surface area contributed by atoms with Gasteiger partial charge in [-0.3, -0.25) is 9.59 Å². The van der Waals surface area contributed by atoms with Crippen LogP contribution in [0.25, 0.3) is 0 Å². The molecular weight excluding hydrogens is 576 g/mol. The van der Waals surface area contributed by atoms with E-state index < -0.39 is 18.2 Å². The molecule has 3 atom stereocenters. The fourth-order valence-electron chi connectivity index (χ4n) is 4.46. The number of rotatable bonds is 30. The number of esters is 2. The average molecular weight is 643 g/mol. The molecule has 0 rings (SSSR count). The van der Waals surface area contributed by atoms with Crippen LogP contribution < -0.4 is 0 Å².